The molecule has 0 saturated carbocycles. The third-order valence-electron chi connectivity index (χ3n) is 3.56. The van der Waals surface area contributed by atoms with Gasteiger partial charge in [-0.3, -0.25) is 9.52 Å². The lowest BCUT2D eigenvalue weighted by molar-refractivity contribution is 0.0956. The molecule has 0 fully saturated rings. The van der Waals surface area contributed by atoms with E-state index >= 15 is 0 Å². The standard InChI is InChI=1S/C17H23N3O4S/c1-12-11-15(19-24-12)20-25(22,23)10-9-18-16(21)13-5-7-14(8-6-13)17(2,3)4/h5-8,11H,9-10H2,1-4H3,(H,18,21)(H,19,20). The minimum Gasteiger partial charge on any atom is -0.360 e. The van der Waals surface area contributed by atoms with Gasteiger partial charge in [0.15, 0.2) is 5.82 Å². The summed E-state index contributed by atoms with van der Waals surface area (Å²) in [5, 5.41) is 6.17. The highest BCUT2D eigenvalue weighted by Crippen LogP contribution is 2.22. The first-order valence-corrected chi connectivity index (χ1v) is 9.55. The largest absolute Gasteiger partial charge is 0.360 e. The number of nitrogens with one attached hydrogen (secondary N) is 2. The number of sulfonamides is 1. The number of aryl methyl sites for hydroxylation is 1. The highest BCUT2D eigenvalue weighted by Gasteiger charge is 2.16. The molecule has 7 nitrogen and oxygen atoms in total. The topological polar surface area (TPSA) is 101 Å². The molecule has 0 unspecified atom stereocenters. The molecule has 0 aliphatic rings. The van der Waals surface area contributed by atoms with Crippen molar-refractivity contribution < 1.29 is 17.7 Å². The van der Waals surface area contributed by atoms with Crippen LogP contribution >= 0.6 is 0 Å². The summed E-state index contributed by atoms with van der Waals surface area (Å²) in [6.07, 6.45) is 0. The van der Waals surface area contributed by atoms with Crippen LogP contribution in [-0.2, 0) is 15.4 Å². The Morgan fingerprint density at radius 3 is 2.36 bits per heavy atom. The molecule has 2 aromatic rings. The minimum atomic E-state index is -3.61. The van der Waals surface area contributed by atoms with Crippen LogP contribution in [-0.4, -0.2) is 31.8 Å². The molecule has 1 amide bonds. The van der Waals surface area contributed by atoms with Gasteiger partial charge in [-0.2, -0.15) is 0 Å². The first-order valence-electron chi connectivity index (χ1n) is 7.89. The first kappa shape index (κ1) is 19.0. The Morgan fingerprint density at radius 1 is 1.20 bits per heavy atom. The Bertz CT molecular complexity index is 834. The van der Waals surface area contributed by atoms with Crippen LogP contribution in [0.25, 0.3) is 0 Å². The van der Waals surface area contributed by atoms with Crippen molar-refractivity contribution in [3.05, 3.63) is 47.2 Å². The Balaban J connectivity index is 1.87. The van der Waals surface area contributed by atoms with Gasteiger partial charge in [-0.15, -0.1) is 0 Å². The average Bonchev–Trinajstić information content (AvgIpc) is 2.90. The van der Waals surface area contributed by atoms with Crippen LogP contribution in [0, 0.1) is 6.92 Å². The van der Waals surface area contributed by atoms with Crippen molar-refractivity contribution in [3.63, 3.8) is 0 Å². The zero-order valence-corrected chi connectivity index (χ0v) is 15.6. The summed E-state index contributed by atoms with van der Waals surface area (Å²) in [5.41, 5.74) is 1.62. The number of nitrogens with zero attached hydrogens (tertiary/aromatic N) is 1. The van der Waals surface area contributed by atoms with Crippen LogP contribution in [0.3, 0.4) is 0 Å². The molecular formula is C17H23N3O4S. The average molecular weight is 365 g/mol. The molecule has 0 aliphatic heterocycles. The van der Waals surface area contributed by atoms with Crippen molar-refractivity contribution in [2.45, 2.75) is 33.1 Å². The molecular weight excluding hydrogens is 342 g/mol. The zero-order chi connectivity index (χ0) is 18.7. The summed E-state index contributed by atoms with van der Waals surface area (Å²) >= 11 is 0. The van der Waals surface area contributed by atoms with Gasteiger partial charge < -0.3 is 9.84 Å². The molecule has 0 aliphatic carbocycles. The van der Waals surface area contributed by atoms with E-state index in [2.05, 4.69) is 36.0 Å². The molecule has 0 bridgehead atoms. The van der Waals surface area contributed by atoms with Gasteiger partial charge in [0, 0.05) is 18.2 Å². The smallest absolute Gasteiger partial charge is 0.251 e. The van der Waals surface area contributed by atoms with Crippen molar-refractivity contribution in [2.75, 3.05) is 17.0 Å². The van der Waals surface area contributed by atoms with Gasteiger partial charge in [0.25, 0.3) is 5.91 Å². The van der Waals surface area contributed by atoms with Crippen molar-refractivity contribution in [1.82, 2.24) is 10.5 Å². The van der Waals surface area contributed by atoms with E-state index in [1.54, 1.807) is 19.1 Å². The Hall–Kier alpha value is -2.35. The van der Waals surface area contributed by atoms with Gasteiger partial charge in [0.2, 0.25) is 10.0 Å². The van der Waals surface area contributed by atoms with E-state index in [1.807, 2.05) is 12.1 Å². The second kappa shape index (κ2) is 7.26. The van der Waals surface area contributed by atoms with E-state index in [1.165, 1.54) is 6.07 Å². The fourth-order valence-corrected chi connectivity index (χ4v) is 3.04. The predicted octanol–water partition coefficient (Wildman–Crippen LogP) is 2.45. The van der Waals surface area contributed by atoms with E-state index < -0.39 is 10.0 Å². The molecule has 0 radical (unpaired) electrons. The summed E-state index contributed by atoms with van der Waals surface area (Å²) in [7, 11) is -3.61. The monoisotopic (exact) mass is 365 g/mol. The highest BCUT2D eigenvalue weighted by molar-refractivity contribution is 7.92. The van der Waals surface area contributed by atoms with Crippen LogP contribution in [0.2, 0.25) is 0 Å². The SMILES string of the molecule is Cc1cc(NS(=O)(=O)CCNC(=O)c2ccc(C(C)(C)C)cc2)no1. The Labute approximate surface area is 147 Å². The van der Waals surface area contributed by atoms with Crippen LogP contribution in [0.15, 0.2) is 34.9 Å². The number of rotatable bonds is 6. The maximum atomic E-state index is 12.1. The van der Waals surface area contributed by atoms with Gasteiger partial charge >= 0.3 is 0 Å². The second-order valence-corrected chi connectivity index (χ2v) is 8.67. The molecule has 8 heteroatoms. The first-order chi connectivity index (χ1) is 11.6. The molecule has 2 N–H and O–H groups in total. The molecule has 1 aromatic heterocycles. The van der Waals surface area contributed by atoms with E-state index in [9.17, 15) is 13.2 Å². The fourth-order valence-electron chi connectivity index (χ4n) is 2.15. The zero-order valence-electron chi connectivity index (χ0n) is 14.8. The molecule has 0 atom stereocenters. The molecule has 1 aromatic carbocycles. The van der Waals surface area contributed by atoms with Crippen molar-refractivity contribution in [1.29, 1.82) is 0 Å². The summed E-state index contributed by atoms with van der Waals surface area (Å²) < 4.78 is 31.0. The number of amides is 1. The molecule has 136 valence electrons. The number of carbonyl (C=O) groups excluding carboxylic acids is 1. The van der Waals surface area contributed by atoms with Crippen molar-refractivity contribution in [2.24, 2.45) is 0 Å². The lowest BCUT2D eigenvalue weighted by atomic mass is 9.87. The van der Waals surface area contributed by atoms with Crippen LogP contribution < -0.4 is 10.0 Å². The Kier molecular flexibility index (Phi) is 5.52. The third-order valence-corrected chi connectivity index (χ3v) is 4.82. The lowest BCUT2D eigenvalue weighted by Gasteiger charge is -2.19. The summed E-state index contributed by atoms with van der Waals surface area (Å²) in [5.74, 6) is 0.0595. The highest BCUT2D eigenvalue weighted by atomic mass is 32.2. The number of aromatic nitrogens is 1. The number of hydrogen-bond donors (Lipinski definition) is 2. The maximum Gasteiger partial charge on any atom is 0.251 e. The number of benzene rings is 1. The molecule has 25 heavy (non-hydrogen) atoms. The second-order valence-electron chi connectivity index (χ2n) is 6.83. The summed E-state index contributed by atoms with van der Waals surface area (Å²) in [6, 6.07) is 8.76. The third kappa shape index (κ3) is 5.60. The van der Waals surface area contributed by atoms with Gasteiger partial charge in [0.1, 0.15) is 5.76 Å². The Morgan fingerprint density at radius 2 is 1.84 bits per heavy atom. The normalized spacial score (nSPS) is 12.0. The maximum absolute atomic E-state index is 12.1. The van der Waals surface area contributed by atoms with Gasteiger partial charge in [-0.25, -0.2) is 8.42 Å². The molecule has 0 saturated heterocycles. The molecule has 2 rings (SSSR count). The van der Waals surface area contributed by atoms with E-state index in [-0.39, 0.29) is 29.4 Å². The summed E-state index contributed by atoms with van der Waals surface area (Å²) in [6.45, 7) is 7.94. The van der Waals surface area contributed by atoms with Gasteiger partial charge in [-0.05, 0) is 30.0 Å². The van der Waals surface area contributed by atoms with E-state index in [0.29, 0.717) is 11.3 Å². The number of anilines is 1. The van der Waals surface area contributed by atoms with Crippen molar-refractivity contribution >= 4 is 21.7 Å². The van der Waals surface area contributed by atoms with Gasteiger partial charge in [0.05, 0.1) is 5.75 Å². The molecule has 0 spiro atoms. The fraction of sp³-hybridized carbons (Fsp3) is 0.412. The predicted molar refractivity (Wildman–Crippen MR) is 96.1 cm³/mol. The number of carbonyl (C=O) groups is 1. The molecule has 1 heterocycles. The lowest BCUT2D eigenvalue weighted by Crippen LogP contribution is -2.31. The van der Waals surface area contributed by atoms with E-state index in [0.717, 1.165) is 5.56 Å². The number of hydrogen-bond acceptors (Lipinski definition) is 5. The van der Waals surface area contributed by atoms with Crippen LogP contribution in [0.4, 0.5) is 5.82 Å². The van der Waals surface area contributed by atoms with Crippen LogP contribution in [0.1, 0.15) is 42.5 Å². The minimum absolute atomic E-state index is 0.00791. The van der Waals surface area contributed by atoms with E-state index in [4.69, 9.17) is 4.52 Å². The van der Waals surface area contributed by atoms with Crippen molar-refractivity contribution in [3.8, 4) is 0 Å². The van der Waals surface area contributed by atoms with Crippen LogP contribution in [0.5, 0.6) is 0 Å². The summed E-state index contributed by atoms with van der Waals surface area (Å²) in [4.78, 5) is 12.1. The quantitative estimate of drug-likeness (QED) is 0.819. The van der Waals surface area contributed by atoms with Gasteiger partial charge in [-0.1, -0.05) is 38.1 Å².